The summed E-state index contributed by atoms with van der Waals surface area (Å²) in [7, 11) is 0. The zero-order valence-electron chi connectivity index (χ0n) is 11.2. The minimum atomic E-state index is -0.535. The van der Waals surface area contributed by atoms with E-state index in [1.165, 1.54) is 12.1 Å². The number of β-amino-alcohol motifs (C(OH)–C–C–N with tert-alkyl or cyclic N) is 1. The van der Waals surface area contributed by atoms with Crippen LogP contribution in [0.2, 0.25) is 0 Å². The van der Waals surface area contributed by atoms with Gasteiger partial charge in [0.25, 0.3) is 0 Å². The van der Waals surface area contributed by atoms with E-state index in [1.807, 2.05) is 0 Å². The fraction of sp³-hybridized carbons (Fsp3) is 0.500. The van der Waals surface area contributed by atoms with Crippen molar-refractivity contribution in [3.63, 3.8) is 0 Å². The summed E-state index contributed by atoms with van der Waals surface area (Å²) in [6.07, 6.45) is -0.524. The Hall–Kier alpha value is -1.68. The van der Waals surface area contributed by atoms with Crippen LogP contribution >= 0.6 is 0 Å². The lowest BCUT2D eigenvalue weighted by atomic mass is 10.2. The second-order valence-electron chi connectivity index (χ2n) is 4.75. The van der Waals surface area contributed by atoms with Crippen LogP contribution in [0, 0.1) is 17.1 Å². The monoisotopic (exact) mass is 279 g/mol. The van der Waals surface area contributed by atoms with E-state index in [0.29, 0.717) is 32.0 Å². The van der Waals surface area contributed by atoms with E-state index in [-0.39, 0.29) is 5.56 Å². The molecular weight excluding hydrogens is 261 g/mol. The van der Waals surface area contributed by atoms with Gasteiger partial charge in [0.15, 0.2) is 0 Å². The molecule has 0 aliphatic carbocycles. The minimum absolute atomic E-state index is 0.00216. The van der Waals surface area contributed by atoms with Gasteiger partial charge < -0.3 is 15.2 Å². The highest BCUT2D eigenvalue weighted by atomic mass is 19.1. The number of aliphatic hydroxyl groups is 1. The van der Waals surface area contributed by atoms with E-state index in [2.05, 4.69) is 10.2 Å². The lowest BCUT2D eigenvalue weighted by molar-refractivity contribution is 0.0171. The molecule has 0 aromatic heterocycles. The Morgan fingerprint density at radius 3 is 2.90 bits per heavy atom. The maximum atomic E-state index is 13.2. The molecule has 0 amide bonds. The van der Waals surface area contributed by atoms with Crippen LogP contribution in [0.5, 0.6) is 0 Å². The maximum Gasteiger partial charge on any atom is 0.141 e. The van der Waals surface area contributed by atoms with E-state index in [0.717, 1.165) is 13.1 Å². The van der Waals surface area contributed by atoms with Crippen molar-refractivity contribution in [2.75, 3.05) is 44.7 Å². The molecule has 2 rings (SSSR count). The van der Waals surface area contributed by atoms with Gasteiger partial charge in [-0.1, -0.05) is 0 Å². The molecule has 1 aliphatic rings. The Morgan fingerprint density at radius 1 is 1.45 bits per heavy atom. The molecule has 108 valence electrons. The topological polar surface area (TPSA) is 68.5 Å². The number of hydrogen-bond donors (Lipinski definition) is 2. The molecular formula is C14H18FN3O2. The normalized spacial score (nSPS) is 17.4. The zero-order valence-corrected chi connectivity index (χ0v) is 11.2. The lowest BCUT2D eigenvalue weighted by Crippen LogP contribution is -2.42. The van der Waals surface area contributed by atoms with Gasteiger partial charge in [-0.3, -0.25) is 4.90 Å². The number of nitriles is 1. The Balaban J connectivity index is 1.80. The van der Waals surface area contributed by atoms with Crippen molar-refractivity contribution in [2.24, 2.45) is 0 Å². The Morgan fingerprint density at radius 2 is 2.20 bits per heavy atom. The number of hydrogen-bond acceptors (Lipinski definition) is 5. The third-order valence-corrected chi connectivity index (χ3v) is 3.20. The predicted octanol–water partition coefficient (Wildman–Crippen LogP) is 0.802. The lowest BCUT2D eigenvalue weighted by Gasteiger charge is -2.28. The molecule has 20 heavy (non-hydrogen) atoms. The molecule has 5 nitrogen and oxygen atoms in total. The second-order valence-corrected chi connectivity index (χ2v) is 4.75. The molecule has 1 fully saturated rings. The summed E-state index contributed by atoms with van der Waals surface area (Å²) in [5.41, 5.74) is 0.627. The Bertz CT molecular complexity index is 484. The summed E-state index contributed by atoms with van der Waals surface area (Å²) in [6.45, 7) is 3.97. The van der Waals surface area contributed by atoms with Crippen molar-refractivity contribution in [1.82, 2.24) is 4.90 Å². The molecule has 1 unspecified atom stereocenters. The molecule has 1 heterocycles. The summed E-state index contributed by atoms with van der Waals surface area (Å²) < 4.78 is 18.4. The van der Waals surface area contributed by atoms with Crippen LogP contribution in [0.25, 0.3) is 0 Å². The summed E-state index contributed by atoms with van der Waals surface area (Å²) >= 11 is 0. The van der Waals surface area contributed by atoms with Crippen molar-refractivity contribution in [2.45, 2.75) is 6.10 Å². The average molecular weight is 279 g/mol. The first-order valence-corrected chi connectivity index (χ1v) is 6.60. The highest BCUT2D eigenvalue weighted by Crippen LogP contribution is 2.13. The number of rotatable bonds is 5. The molecule has 0 bridgehead atoms. The molecule has 6 heteroatoms. The summed E-state index contributed by atoms with van der Waals surface area (Å²) in [5.74, 6) is -0.535. The first-order chi connectivity index (χ1) is 9.69. The SMILES string of the molecule is N#Cc1cc(NCC(O)CN2CCOCC2)ccc1F. The number of ether oxygens (including phenoxy) is 1. The number of morpholine rings is 1. The smallest absolute Gasteiger partial charge is 0.141 e. The van der Waals surface area contributed by atoms with Crippen molar-refractivity contribution < 1.29 is 14.2 Å². The van der Waals surface area contributed by atoms with Crippen LogP contribution in [-0.2, 0) is 4.74 Å². The van der Waals surface area contributed by atoms with Crippen molar-refractivity contribution in [3.8, 4) is 6.07 Å². The molecule has 1 aromatic carbocycles. The number of benzene rings is 1. The molecule has 0 spiro atoms. The number of aliphatic hydroxyl groups excluding tert-OH is 1. The first kappa shape index (κ1) is 14.7. The van der Waals surface area contributed by atoms with E-state index < -0.39 is 11.9 Å². The number of nitrogens with zero attached hydrogens (tertiary/aromatic N) is 2. The van der Waals surface area contributed by atoms with Gasteiger partial charge >= 0.3 is 0 Å². The maximum absolute atomic E-state index is 13.2. The van der Waals surface area contributed by atoms with E-state index in [4.69, 9.17) is 10.00 Å². The molecule has 2 N–H and O–H groups in total. The standard InChI is InChI=1S/C14H18FN3O2/c15-14-2-1-12(7-11(14)8-16)17-9-13(19)10-18-3-5-20-6-4-18/h1-2,7,13,17,19H,3-6,9-10H2. The van der Waals surface area contributed by atoms with Crippen LogP contribution in [0.1, 0.15) is 5.56 Å². The largest absolute Gasteiger partial charge is 0.390 e. The van der Waals surface area contributed by atoms with Crippen LogP contribution in [0.15, 0.2) is 18.2 Å². The number of halogens is 1. The average Bonchev–Trinajstić information content (AvgIpc) is 2.47. The van der Waals surface area contributed by atoms with E-state index >= 15 is 0 Å². The summed E-state index contributed by atoms with van der Waals surface area (Å²) in [5, 5.41) is 21.7. The van der Waals surface area contributed by atoms with Crippen LogP contribution in [0.3, 0.4) is 0 Å². The Kier molecular flexibility index (Phi) is 5.30. The molecule has 1 atom stereocenters. The van der Waals surface area contributed by atoms with E-state index in [1.54, 1.807) is 12.1 Å². The summed E-state index contributed by atoms with van der Waals surface area (Å²) in [4.78, 5) is 2.14. The van der Waals surface area contributed by atoms with Gasteiger partial charge in [0.1, 0.15) is 11.9 Å². The number of anilines is 1. The van der Waals surface area contributed by atoms with Gasteiger partial charge in [0.05, 0.1) is 24.9 Å². The van der Waals surface area contributed by atoms with Crippen LogP contribution in [0.4, 0.5) is 10.1 Å². The van der Waals surface area contributed by atoms with Gasteiger partial charge in [-0.2, -0.15) is 5.26 Å². The minimum Gasteiger partial charge on any atom is -0.390 e. The molecule has 1 aliphatic heterocycles. The van der Waals surface area contributed by atoms with Crippen molar-refractivity contribution in [1.29, 1.82) is 5.26 Å². The Labute approximate surface area is 117 Å². The molecule has 0 saturated carbocycles. The van der Waals surface area contributed by atoms with E-state index in [9.17, 15) is 9.50 Å². The third-order valence-electron chi connectivity index (χ3n) is 3.20. The molecule has 0 radical (unpaired) electrons. The number of nitrogens with one attached hydrogen (secondary N) is 1. The summed E-state index contributed by atoms with van der Waals surface area (Å²) in [6, 6.07) is 6.03. The predicted molar refractivity (Wildman–Crippen MR) is 72.9 cm³/mol. The third kappa shape index (κ3) is 4.17. The quantitative estimate of drug-likeness (QED) is 0.834. The molecule has 1 saturated heterocycles. The van der Waals surface area contributed by atoms with Crippen molar-refractivity contribution >= 4 is 5.69 Å². The first-order valence-electron chi connectivity index (χ1n) is 6.60. The van der Waals surface area contributed by atoms with Crippen molar-refractivity contribution in [3.05, 3.63) is 29.6 Å². The van der Waals surface area contributed by atoms with Gasteiger partial charge in [0, 0.05) is 31.9 Å². The fourth-order valence-electron chi connectivity index (χ4n) is 2.10. The molecule has 1 aromatic rings. The van der Waals surface area contributed by atoms with Gasteiger partial charge in [0.2, 0.25) is 0 Å². The van der Waals surface area contributed by atoms with Crippen LogP contribution in [-0.4, -0.2) is 55.5 Å². The van der Waals surface area contributed by atoms with Gasteiger partial charge in [-0.05, 0) is 18.2 Å². The highest BCUT2D eigenvalue weighted by molar-refractivity contribution is 5.49. The highest BCUT2D eigenvalue weighted by Gasteiger charge is 2.14. The second kappa shape index (κ2) is 7.20. The van der Waals surface area contributed by atoms with Gasteiger partial charge in [-0.15, -0.1) is 0 Å². The van der Waals surface area contributed by atoms with Crippen LogP contribution < -0.4 is 5.32 Å². The van der Waals surface area contributed by atoms with Gasteiger partial charge in [-0.25, -0.2) is 4.39 Å². The fourth-order valence-corrected chi connectivity index (χ4v) is 2.10. The zero-order chi connectivity index (χ0) is 14.4.